The number of esters is 3. The maximum absolute atomic E-state index is 13.7. The number of carbonyl (C=O) groups excluding carboxylic acids is 3. The third-order valence-corrected chi connectivity index (χ3v) is 8.69. The molecule has 0 heterocycles. The second-order valence-electron chi connectivity index (χ2n) is 15.1. The van der Waals surface area contributed by atoms with Crippen molar-refractivity contribution in [1.82, 2.24) is 0 Å². The molecule has 0 radical (unpaired) electrons. The van der Waals surface area contributed by atoms with E-state index < -0.39 is 64.7 Å². The normalized spacial score (nSPS) is 11.7. The third kappa shape index (κ3) is 12.3. The minimum Gasteiger partial charge on any atom is -0.489 e. The van der Waals surface area contributed by atoms with Crippen LogP contribution in [-0.2, 0) is 19.6 Å². The van der Waals surface area contributed by atoms with Crippen molar-refractivity contribution in [1.29, 1.82) is 0 Å². The van der Waals surface area contributed by atoms with E-state index in [0.29, 0.717) is 5.75 Å². The van der Waals surface area contributed by atoms with Gasteiger partial charge >= 0.3 is 39.3 Å². The Morgan fingerprint density at radius 1 is 0.509 bits per heavy atom. The summed E-state index contributed by atoms with van der Waals surface area (Å²) in [5.74, 6) is -2.34. The van der Waals surface area contributed by atoms with Crippen LogP contribution in [0.3, 0.4) is 0 Å². The summed E-state index contributed by atoms with van der Waals surface area (Å²) in [6.07, 6.45) is 0.904. The lowest BCUT2D eigenvalue weighted by Crippen LogP contribution is -2.50. The van der Waals surface area contributed by atoms with Crippen molar-refractivity contribution < 1.29 is 63.5 Å². The summed E-state index contributed by atoms with van der Waals surface area (Å²) in [6, 6.07) is 23.1. The van der Waals surface area contributed by atoms with Gasteiger partial charge in [0.25, 0.3) is 0 Å². The highest BCUT2D eigenvalue weighted by Gasteiger charge is 2.41. The number of carbonyl (C=O) groups is 3. The van der Waals surface area contributed by atoms with Gasteiger partial charge in [-0.2, -0.15) is 0 Å². The molecule has 0 amide bonds. The molecule has 55 heavy (non-hydrogen) atoms. The van der Waals surface area contributed by atoms with Gasteiger partial charge in [-0.05, 0) is 87.7 Å². The van der Waals surface area contributed by atoms with Crippen molar-refractivity contribution in [3.8, 4) is 5.75 Å². The first-order valence-corrected chi connectivity index (χ1v) is 17.5. The average molecular weight is 754 g/mol. The molecule has 16 heteroatoms. The molecule has 0 unspecified atom stereocenters. The highest BCUT2D eigenvalue weighted by atomic mass is 16.6. The van der Waals surface area contributed by atoms with Crippen LogP contribution in [0.25, 0.3) is 0 Å². The zero-order valence-corrected chi connectivity index (χ0v) is 31.3. The molecule has 0 aromatic heterocycles. The Balaban J connectivity index is 1.68. The van der Waals surface area contributed by atoms with Crippen LogP contribution in [0.2, 0.25) is 0 Å². The van der Waals surface area contributed by atoms with Gasteiger partial charge in [0.05, 0.1) is 16.7 Å². The summed E-state index contributed by atoms with van der Waals surface area (Å²) in [6.45, 7) is 8.94. The van der Waals surface area contributed by atoms with Crippen LogP contribution in [0.4, 0.5) is 0 Å². The highest BCUT2D eigenvalue weighted by Crippen LogP contribution is 2.36. The first-order valence-electron chi connectivity index (χ1n) is 17.5. The van der Waals surface area contributed by atoms with E-state index in [4.69, 9.17) is 18.9 Å². The second-order valence-corrected chi connectivity index (χ2v) is 15.1. The Labute approximate surface area is 320 Å². The summed E-state index contributed by atoms with van der Waals surface area (Å²) >= 11 is 0. The van der Waals surface area contributed by atoms with Gasteiger partial charge < -0.3 is 49.1 Å². The molecule has 13 nitrogen and oxygen atoms in total. The zero-order valence-electron chi connectivity index (χ0n) is 31.3. The molecule has 0 aliphatic carbocycles. The standard InChI is InChI=1S/C39H45B3O13/c1-37(2,3)22-38(4,5)29-12-20-33(21-13-29)52-23-39(55-36(45)28-10-18-32(19-11-28)42(50)51,24-53-34(43)26-6-14-30(15-7-26)40(46)47)25-54-35(44)27-8-16-31(17-9-27)41(48)49/h6-21,46-51H,22-25H2,1-5H3. The lowest BCUT2D eigenvalue weighted by molar-refractivity contribution is -0.102. The number of benzene rings is 4. The molecule has 4 aromatic carbocycles. The van der Waals surface area contributed by atoms with Crippen LogP contribution in [-0.4, -0.2) is 94.8 Å². The minimum atomic E-state index is -1.98. The monoisotopic (exact) mass is 754 g/mol. The average Bonchev–Trinajstić information content (AvgIpc) is 3.14. The molecule has 0 spiro atoms. The smallest absolute Gasteiger partial charge is 0.488 e. The summed E-state index contributed by atoms with van der Waals surface area (Å²) in [5.41, 5.74) is -0.601. The Bertz CT molecular complexity index is 1820. The molecule has 0 aliphatic rings. The molecule has 0 atom stereocenters. The lowest BCUT2D eigenvalue weighted by Gasteiger charge is -2.33. The molecule has 4 rings (SSSR count). The van der Waals surface area contributed by atoms with Crippen molar-refractivity contribution in [3.05, 3.63) is 119 Å². The first kappa shape index (κ1) is 42.8. The summed E-state index contributed by atoms with van der Waals surface area (Å²) in [7, 11) is -5.31. The van der Waals surface area contributed by atoms with Crippen molar-refractivity contribution in [2.75, 3.05) is 19.8 Å². The maximum Gasteiger partial charge on any atom is 0.488 e. The summed E-state index contributed by atoms with van der Waals surface area (Å²) in [5, 5.41) is 56.8. The van der Waals surface area contributed by atoms with Crippen LogP contribution in [0.1, 0.15) is 77.7 Å². The molecular weight excluding hydrogens is 709 g/mol. The maximum atomic E-state index is 13.7. The Kier molecular flexibility index (Phi) is 14.1. The van der Waals surface area contributed by atoms with Crippen LogP contribution in [0.5, 0.6) is 5.75 Å². The first-order chi connectivity index (χ1) is 25.8. The van der Waals surface area contributed by atoms with Crippen LogP contribution in [0.15, 0.2) is 97.1 Å². The molecular formula is C39H45B3O13. The predicted molar refractivity (Wildman–Crippen MR) is 207 cm³/mol. The van der Waals surface area contributed by atoms with Crippen LogP contribution < -0.4 is 21.1 Å². The fraction of sp³-hybridized carbons (Fsp3) is 0.308. The number of hydrogen-bond acceptors (Lipinski definition) is 13. The molecule has 4 aromatic rings. The summed E-state index contributed by atoms with van der Waals surface area (Å²) < 4.78 is 23.4. The van der Waals surface area contributed by atoms with Gasteiger partial charge in [0.15, 0.2) is 0 Å². The molecule has 0 bridgehead atoms. The van der Waals surface area contributed by atoms with E-state index >= 15 is 0 Å². The van der Waals surface area contributed by atoms with Gasteiger partial charge in [0, 0.05) is 0 Å². The van der Waals surface area contributed by atoms with Crippen molar-refractivity contribution in [3.63, 3.8) is 0 Å². The van der Waals surface area contributed by atoms with E-state index in [1.165, 1.54) is 72.8 Å². The van der Waals surface area contributed by atoms with Gasteiger partial charge in [0.2, 0.25) is 5.60 Å². The van der Waals surface area contributed by atoms with Crippen molar-refractivity contribution in [2.45, 2.75) is 52.1 Å². The van der Waals surface area contributed by atoms with Gasteiger partial charge in [0.1, 0.15) is 25.6 Å². The molecule has 288 valence electrons. The zero-order chi connectivity index (χ0) is 40.6. The Morgan fingerprint density at radius 3 is 1.22 bits per heavy atom. The quantitative estimate of drug-likeness (QED) is 0.0540. The van der Waals surface area contributed by atoms with E-state index in [-0.39, 0.29) is 43.9 Å². The van der Waals surface area contributed by atoms with E-state index in [1.54, 1.807) is 12.1 Å². The van der Waals surface area contributed by atoms with Gasteiger partial charge in [-0.1, -0.05) is 83.1 Å². The Morgan fingerprint density at radius 2 is 0.873 bits per heavy atom. The fourth-order valence-corrected chi connectivity index (χ4v) is 6.05. The van der Waals surface area contributed by atoms with Crippen LogP contribution >= 0.6 is 0 Å². The topological polar surface area (TPSA) is 210 Å². The van der Waals surface area contributed by atoms with Gasteiger partial charge in [-0.15, -0.1) is 0 Å². The van der Waals surface area contributed by atoms with Crippen molar-refractivity contribution >= 4 is 55.7 Å². The number of ether oxygens (including phenoxy) is 4. The molecule has 0 saturated heterocycles. The third-order valence-electron chi connectivity index (χ3n) is 8.69. The highest BCUT2D eigenvalue weighted by molar-refractivity contribution is 6.59. The summed E-state index contributed by atoms with van der Waals surface area (Å²) in [4.78, 5) is 40.2. The minimum absolute atomic E-state index is 0.0202. The Hall–Kier alpha value is -4.96. The fourth-order valence-electron chi connectivity index (χ4n) is 6.05. The largest absolute Gasteiger partial charge is 0.489 e. The van der Waals surface area contributed by atoms with Crippen LogP contribution in [0, 0.1) is 5.41 Å². The van der Waals surface area contributed by atoms with E-state index in [9.17, 15) is 44.5 Å². The molecule has 6 N–H and O–H groups in total. The molecule has 0 fully saturated rings. The lowest BCUT2D eigenvalue weighted by atomic mass is 9.72. The van der Waals surface area contributed by atoms with Gasteiger partial charge in [-0.3, -0.25) is 0 Å². The van der Waals surface area contributed by atoms with Gasteiger partial charge in [-0.25, -0.2) is 14.4 Å². The van der Waals surface area contributed by atoms with E-state index in [2.05, 4.69) is 34.6 Å². The van der Waals surface area contributed by atoms with Crippen molar-refractivity contribution in [2.24, 2.45) is 5.41 Å². The SMILES string of the molecule is CC(C)(C)CC(C)(C)c1ccc(OCC(COC(=O)c2ccc(B(O)O)cc2)(COC(=O)c2ccc(B(O)O)cc2)OC(=O)c2ccc(B(O)O)cc2)cc1. The molecule has 0 aliphatic heterocycles. The number of rotatable bonds is 16. The molecule has 0 saturated carbocycles. The van der Waals surface area contributed by atoms with E-state index in [1.807, 2.05) is 12.1 Å². The predicted octanol–water partition coefficient (Wildman–Crippen LogP) is 1.13. The second kappa shape index (κ2) is 18.1. The number of hydrogen-bond donors (Lipinski definition) is 6. The van der Waals surface area contributed by atoms with E-state index in [0.717, 1.165) is 12.0 Å².